The van der Waals surface area contributed by atoms with Gasteiger partial charge in [-0.25, -0.2) is 0 Å². The second-order valence-corrected chi connectivity index (χ2v) is 5.53. The Kier molecular flexibility index (Phi) is 3.79. The second-order valence-electron chi connectivity index (χ2n) is 5.53. The Balaban J connectivity index is 1.99. The molecule has 1 fully saturated rings. The summed E-state index contributed by atoms with van der Waals surface area (Å²) in [7, 11) is 1.96. The lowest BCUT2D eigenvalue weighted by Crippen LogP contribution is -2.37. The van der Waals surface area contributed by atoms with E-state index in [1.54, 1.807) is 0 Å². The van der Waals surface area contributed by atoms with E-state index in [0.29, 0.717) is 5.54 Å². The Morgan fingerprint density at radius 2 is 2.24 bits per heavy atom. The maximum absolute atomic E-state index is 4.54. The van der Waals surface area contributed by atoms with Crippen molar-refractivity contribution in [1.82, 2.24) is 15.2 Å². The Bertz CT molecular complexity index is 356. The van der Waals surface area contributed by atoms with Crippen molar-refractivity contribution in [3.63, 3.8) is 0 Å². The van der Waals surface area contributed by atoms with Crippen molar-refractivity contribution < 1.29 is 0 Å². The van der Waals surface area contributed by atoms with Gasteiger partial charge in [0.2, 0.25) is 0 Å². The maximum atomic E-state index is 4.54. The van der Waals surface area contributed by atoms with Gasteiger partial charge in [0.25, 0.3) is 0 Å². The molecular formula is C14H23N3. The summed E-state index contributed by atoms with van der Waals surface area (Å²) in [5.41, 5.74) is 2.77. The van der Waals surface area contributed by atoms with E-state index in [-0.39, 0.29) is 0 Å². The van der Waals surface area contributed by atoms with Crippen molar-refractivity contribution in [1.29, 1.82) is 0 Å². The first-order valence-corrected chi connectivity index (χ1v) is 6.45. The van der Waals surface area contributed by atoms with Gasteiger partial charge in [0.15, 0.2) is 0 Å². The summed E-state index contributed by atoms with van der Waals surface area (Å²) in [6.07, 6.45) is 4.59. The number of likely N-dealkylation sites (tertiary alicyclic amines) is 1. The smallest absolute Gasteiger partial charge is 0.0544 e. The molecule has 1 aliphatic heterocycles. The predicted octanol–water partition coefficient (Wildman–Crippen LogP) is 2.18. The molecule has 0 amide bonds. The van der Waals surface area contributed by atoms with Crippen LogP contribution in [0, 0.1) is 0 Å². The molecule has 1 saturated heterocycles. The van der Waals surface area contributed by atoms with Crippen LogP contribution in [0.15, 0.2) is 18.3 Å². The van der Waals surface area contributed by atoms with Crippen LogP contribution in [-0.4, -0.2) is 29.0 Å². The lowest BCUT2D eigenvalue weighted by molar-refractivity contribution is 0.164. The average molecular weight is 233 g/mol. The fourth-order valence-corrected chi connectivity index (χ4v) is 2.51. The lowest BCUT2D eigenvalue weighted by atomic mass is 10.0. The Hall–Kier alpha value is -0.930. The zero-order valence-corrected chi connectivity index (χ0v) is 11.2. The molecule has 0 unspecified atom stereocenters. The number of hydrogen-bond acceptors (Lipinski definition) is 3. The summed E-state index contributed by atoms with van der Waals surface area (Å²) in [6, 6.07) is 4.32. The van der Waals surface area contributed by atoms with Crippen molar-refractivity contribution in [3.05, 3.63) is 29.6 Å². The van der Waals surface area contributed by atoms with Crippen LogP contribution in [-0.2, 0) is 13.1 Å². The van der Waals surface area contributed by atoms with Gasteiger partial charge in [0.05, 0.1) is 5.69 Å². The van der Waals surface area contributed by atoms with Gasteiger partial charge in [0.1, 0.15) is 0 Å². The van der Waals surface area contributed by atoms with Gasteiger partial charge in [-0.1, -0.05) is 6.07 Å². The van der Waals surface area contributed by atoms with E-state index in [2.05, 4.69) is 41.2 Å². The highest BCUT2D eigenvalue weighted by Crippen LogP contribution is 2.29. The minimum absolute atomic E-state index is 0.339. The molecule has 3 heteroatoms. The third-order valence-electron chi connectivity index (χ3n) is 3.69. The third-order valence-corrected chi connectivity index (χ3v) is 3.69. The van der Waals surface area contributed by atoms with Gasteiger partial charge in [-0.05, 0) is 51.9 Å². The molecule has 0 bridgehead atoms. The molecule has 0 radical (unpaired) electrons. The topological polar surface area (TPSA) is 28.2 Å². The van der Waals surface area contributed by atoms with Gasteiger partial charge in [-0.3, -0.25) is 9.88 Å². The van der Waals surface area contributed by atoms with E-state index >= 15 is 0 Å². The molecule has 0 atom stereocenters. The minimum atomic E-state index is 0.339. The molecule has 0 saturated carbocycles. The molecule has 0 spiro atoms. The number of nitrogens with one attached hydrogen (secondary N) is 1. The van der Waals surface area contributed by atoms with E-state index < -0.39 is 0 Å². The van der Waals surface area contributed by atoms with E-state index in [9.17, 15) is 0 Å². The van der Waals surface area contributed by atoms with Gasteiger partial charge < -0.3 is 5.32 Å². The molecule has 1 aromatic rings. The predicted molar refractivity (Wildman–Crippen MR) is 70.7 cm³/mol. The Morgan fingerprint density at radius 3 is 2.76 bits per heavy atom. The van der Waals surface area contributed by atoms with E-state index in [1.165, 1.54) is 30.6 Å². The number of aromatic nitrogens is 1. The van der Waals surface area contributed by atoms with Gasteiger partial charge in [-0.2, -0.15) is 0 Å². The van der Waals surface area contributed by atoms with E-state index in [1.807, 2.05) is 13.2 Å². The van der Waals surface area contributed by atoms with Crippen molar-refractivity contribution in [2.24, 2.45) is 0 Å². The zero-order chi connectivity index (χ0) is 12.3. The molecule has 1 aliphatic rings. The van der Waals surface area contributed by atoms with Crippen molar-refractivity contribution in [3.8, 4) is 0 Å². The van der Waals surface area contributed by atoms with Crippen LogP contribution in [0.5, 0.6) is 0 Å². The van der Waals surface area contributed by atoms with Crippen molar-refractivity contribution in [2.45, 2.75) is 45.3 Å². The summed E-state index contributed by atoms with van der Waals surface area (Å²) in [4.78, 5) is 7.08. The van der Waals surface area contributed by atoms with Gasteiger partial charge >= 0.3 is 0 Å². The largest absolute Gasteiger partial charge is 0.316 e. The first-order chi connectivity index (χ1) is 8.12. The molecule has 17 heavy (non-hydrogen) atoms. The van der Waals surface area contributed by atoms with Crippen LogP contribution in [0.4, 0.5) is 0 Å². The quantitative estimate of drug-likeness (QED) is 0.864. The highest BCUT2D eigenvalue weighted by molar-refractivity contribution is 5.14. The second kappa shape index (κ2) is 5.15. The normalized spacial score (nSPS) is 19.7. The van der Waals surface area contributed by atoms with Crippen molar-refractivity contribution in [2.75, 3.05) is 13.6 Å². The Labute approximate surface area is 104 Å². The Morgan fingerprint density at radius 1 is 1.41 bits per heavy atom. The van der Waals surface area contributed by atoms with Crippen LogP contribution in [0.3, 0.4) is 0 Å². The number of hydrogen-bond donors (Lipinski definition) is 1. The van der Waals surface area contributed by atoms with Crippen LogP contribution in [0.1, 0.15) is 37.9 Å². The average Bonchev–Trinajstić information content (AvgIpc) is 2.62. The molecule has 0 aromatic carbocycles. The maximum Gasteiger partial charge on any atom is 0.0544 e. The first kappa shape index (κ1) is 12.5. The first-order valence-electron chi connectivity index (χ1n) is 6.45. The number of nitrogens with zero attached hydrogens (tertiary/aromatic N) is 2. The van der Waals surface area contributed by atoms with Crippen molar-refractivity contribution >= 4 is 0 Å². The number of rotatable bonds is 4. The van der Waals surface area contributed by atoms with Gasteiger partial charge in [0, 0.05) is 24.8 Å². The summed E-state index contributed by atoms with van der Waals surface area (Å²) in [5, 5.41) is 3.14. The summed E-state index contributed by atoms with van der Waals surface area (Å²) >= 11 is 0. The highest BCUT2D eigenvalue weighted by atomic mass is 15.2. The summed E-state index contributed by atoms with van der Waals surface area (Å²) in [5.74, 6) is 0. The molecule has 1 aromatic heterocycles. The molecule has 2 rings (SSSR count). The molecule has 3 nitrogen and oxygen atoms in total. The van der Waals surface area contributed by atoms with Crippen LogP contribution < -0.4 is 5.32 Å². The van der Waals surface area contributed by atoms with E-state index in [4.69, 9.17) is 0 Å². The molecule has 0 aliphatic carbocycles. The molecular weight excluding hydrogens is 210 g/mol. The van der Waals surface area contributed by atoms with Crippen LogP contribution in [0.2, 0.25) is 0 Å². The lowest BCUT2D eigenvalue weighted by Gasteiger charge is -2.31. The fourth-order valence-electron chi connectivity index (χ4n) is 2.51. The summed E-state index contributed by atoms with van der Waals surface area (Å²) < 4.78 is 0. The molecule has 1 N–H and O–H groups in total. The SMILES string of the molecule is CNCc1ccc(CN2CCCC2(C)C)nc1. The highest BCUT2D eigenvalue weighted by Gasteiger charge is 2.31. The van der Waals surface area contributed by atoms with Crippen LogP contribution >= 0.6 is 0 Å². The standard InChI is InChI=1S/C14H23N3/c1-14(2)7-4-8-17(14)11-13-6-5-12(9-15-3)10-16-13/h5-6,10,15H,4,7-9,11H2,1-3H3. The zero-order valence-electron chi connectivity index (χ0n) is 11.2. The van der Waals surface area contributed by atoms with Gasteiger partial charge in [-0.15, -0.1) is 0 Å². The third kappa shape index (κ3) is 3.05. The molecule has 2 heterocycles. The fraction of sp³-hybridized carbons (Fsp3) is 0.643. The minimum Gasteiger partial charge on any atom is -0.316 e. The van der Waals surface area contributed by atoms with E-state index in [0.717, 1.165) is 13.1 Å². The monoisotopic (exact) mass is 233 g/mol. The molecule has 94 valence electrons. The number of pyridine rings is 1. The summed E-state index contributed by atoms with van der Waals surface area (Å²) in [6.45, 7) is 7.73. The van der Waals surface area contributed by atoms with Crippen LogP contribution in [0.25, 0.3) is 0 Å².